The van der Waals surface area contributed by atoms with Crippen molar-refractivity contribution in [3.8, 4) is 5.75 Å². The average molecular weight is 412 g/mol. The molecule has 7 nitrogen and oxygen atoms in total. The summed E-state index contributed by atoms with van der Waals surface area (Å²) in [5.74, 6) is 0.408. The van der Waals surface area contributed by atoms with Gasteiger partial charge in [-0.25, -0.2) is 0 Å². The SMILES string of the molecule is Cn1cc(CN2CC2COc2ccc(C(=O)NCc3ccncc3)cc2Cl)cn1. The van der Waals surface area contributed by atoms with Crippen LogP contribution < -0.4 is 10.1 Å². The molecule has 3 aromatic rings. The van der Waals surface area contributed by atoms with Crippen molar-refractivity contribution in [3.63, 3.8) is 0 Å². The van der Waals surface area contributed by atoms with Crippen LogP contribution in [0, 0.1) is 0 Å². The Labute approximate surface area is 174 Å². The molecule has 0 spiro atoms. The fourth-order valence-electron chi connectivity index (χ4n) is 3.09. The number of nitrogens with one attached hydrogen (secondary N) is 1. The summed E-state index contributed by atoms with van der Waals surface area (Å²) in [6.45, 7) is 2.85. The van der Waals surface area contributed by atoms with Crippen LogP contribution in [-0.2, 0) is 20.1 Å². The van der Waals surface area contributed by atoms with Gasteiger partial charge in [-0.1, -0.05) is 11.6 Å². The molecule has 2 atom stereocenters. The van der Waals surface area contributed by atoms with E-state index in [1.165, 1.54) is 5.56 Å². The molecule has 1 fully saturated rings. The van der Waals surface area contributed by atoms with E-state index in [1.54, 1.807) is 35.3 Å². The molecule has 4 rings (SSSR count). The summed E-state index contributed by atoms with van der Waals surface area (Å²) in [6, 6.07) is 9.20. The molecule has 0 aliphatic carbocycles. The predicted molar refractivity (Wildman–Crippen MR) is 110 cm³/mol. The first-order valence-electron chi connectivity index (χ1n) is 9.39. The van der Waals surface area contributed by atoms with Gasteiger partial charge in [-0.3, -0.25) is 19.4 Å². The van der Waals surface area contributed by atoms with E-state index in [2.05, 4.69) is 20.3 Å². The first-order valence-corrected chi connectivity index (χ1v) is 9.77. The van der Waals surface area contributed by atoms with Crippen LogP contribution in [0.2, 0.25) is 5.02 Å². The Bertz CT molecular complexity index is 992. The Morgan fingerprint density at radius 1 is 1.28 bits per heavy atom. The molecule has 1 aromatic carbocycles. The molecule has 1 saturated heterocycles. The summed E-state index contributed by atoms with van der Waals surface area (Å²) in [4.78, 5) is 18.6. The molecule has 2 aromatic heterocycles. The van der Waals surface area contributed by atoms with Crippen LogP contribution in [0.25, 0.3) is 0 Å². The van der Waals surface area contributed by atoms with Crippen molar-refractivity contribution >= 4 is 17.5 Å². The number of amides is 1. The van der Waals surface area contributed by atoms with Gasteiger partial charge in [0.25, 0.3) is 5.91 Å². The Kier molecular flexibility index (Phi) is 5.78. The summed E-state index contributed by atoms with van der Waals surface area (Å²) in [7, 11) is 1.91. The van der Waals surface area contributed by atoms with Crippen LogP contribution in [0.5, 0.6) is 5.75 Å². The van der Waals surface area contributed by atoms with Gasteiger partial charge in [-0.2, -0.15) is 5.10 Å². The second-order valence-electron chi connectivity index (χ2n) is 7.10. The van der Waals surface area contributed by atoms with Gasteiger partial charge in [-0.05, 0) is 35.9 Å². The number of nitrogens with zero attached hydrogens (tertiary/aromatic N) is 4. The molecular weight excluding hydrogens is 390 g/mol. The first kappa shape index (κ1) is 19.4. The highest BCUT2D eigenvalue weighted by Gasteiger charge is 2.34. The zero-order valence-electron chi connectivity index (χ0n) is 16.1. The zero-order chi connectivity index (χ0) is 20.2. The summed E-state index contributed by atoms with van der Waals surface area (Å²) < 4.78 is 7.67. The smallest absolute Gasteiger partial charge is 0.251 e. The number of carbonyl (C=O) groups excluding carboxylic acids is 1. The van der Waals surface area contributed by atoms with Crippen LogP contribution in [0.15, 0.2) is 55.1 Å². The second-order valence-corrected chi connectivity index (χ2v) is 7.51. The molecule has 29 heavy (non-hydrogen) atoms. The molecule has 3 heterocycles. The highest BCUT2D eigenvalue weighted by atomic mass is 35.5. The molecule has 8 heteroatoms. The minimum Gasteiger partial charge on any atom is -0.490 e. The monoisotopic (exact) mass is 411 g/mol. The highest BCUT2D eigenvalue weighted by molar-refractivity contribution is 6.32. The minimum atomic E-state index is -0.180. The van der Waals surface area contributed by atoms with Crippen LogP contribution in [0.3, 0.4) is 0 Å². The summed E-state index contributed by atoms with van der Waals surface area (Å²) in [6.07, 6.45) is 7.29. The second kappa shape index (κ2) is 8.63. The maximum Gasteiger partial charge on any atom is 0.251 e. The van der Waals surface area contributed by atoms with Gasteiger partial charge in [0, 0.05) is 56.4 Å². The van der Waals surface area contributed by atoms with Crippen molar-refractivity contribution < 1.29 is 9.53 Å². The summed E-state index contributed by atoms with van der Waals surface area (Å²) in [5.41, 5.74) is 2.68. The number of hydrogen-bond acceptors (Lipinski definition) is 5. The van der Waals surface area contributed by atoms with Gasteiger partial charge in [0.1, 0.15) is 12.4 Å². The Morgan fingerprint density at radius 3 is 2.83 bits per heavy atom. The van der Waals surface area contributed by atoms with E-state index in [0.29, 0.717) is 35.5 Å². The molecule has 150 valence electrons. The van der Waals surface area contributed by atoms with Crippen LogP contribution >= 0.6 is 11.6 Å². The molecule has 1 aliphatic heterocycles. The molecular formula is C21H22ClN5O2. The van der Waals surface area contributed by atoms with Gasteiger partial charge in [0.05, 0.1) is 17.3 Å². The van der Waals surface area contributed by atoms with E-state index in [4.69, 9.17) is 16.3 Å². The largest absolute Gasteiger partial charge is 0.490 e. The van der Waals surface area contributed by atoms with Crippen molar-refractivity contribution in [3.05, 3.63) is 76.8 Å². The van der Waals surface area contributed by atoms with Crippen LogP contribution in [-0.4, -0.2) is 44.8 Å². The normalized spacial score (nSPS) is 17.7. The zero-order valence-corrected chi connectivity index (χ0v) is 16.8. The maximum absolute atomic E-state index is 12.3. The van der Waals surface area contributed by atoms with E-state index in [9.17, 15) is 4.79 Å². The number of hydrogen-bond donors (Lipinski definition) is 1. The van der Waals surface area contributed by atoms with E-state index in [0.717, 1.165) is 18.7 Å². The minimum absolute atomic E-state index is 0.180. The van der Waals surface area contributed by atoms with Gasteiger partial charge < -0.3 is 10.1 Å². The van der Waals surface area contributed by atoms with Crippen molar-refractivity contribution in [1.82, 2.24) is 25.0 Å². The maximum atomic E-state index is 12.3. The lowest BCUT2D eigenvalue weighted by atomic mass is 10.2. The molecule has 0 saturated carbocycles. The van der Waals surface area contributed by atoms with Crippen LogP contribution in [0.1, 0.15) is 21.5 Å². The lowest BCUT2D eigenvalue weighted by Crippen LogP contribution is -2.22. The molecule has 2 unspecified atom stereocenters. The molecule has 1 N–H and O–H groups in total. The number of aryl methyl sites for hydroxylation is 1. The van der Waals surface area contributed by atoms with Gasteiger partial charge in [-0.15, -0.1) is 0 Å². The highest BCUT2D eigenvalue weighted by Crippen LogP contribution is 2.28. The number of pyridine rings is 1. The van der Waals surface area contributed by atoms with Crippen LogP contribution in [0.4, 0.5) is 0 Å². The Morgan fingerprint density at radius 2 is 2.10 bits per heavy atom. The number of rotatable bonds is 8. The summed E-state index contributed by atoms with van der Waals surface area (Å²) in [5, 5.41) is 7.49. The first-order chi connectivity index (χ1) is 14.1. The van der Waals surface area contributed by atoms with E-state index in [-0.39, 0.29) is 5.91 Å². The van der Waals surface area contributed by atoms with Crippen molar-refractivity contribution in [2.24, 2.45) is 7.05 Å². The van der Waals surface area contributed by atoms with E-state index >= 15 is 0 Å². The lowest BCUT2D eigenvalue weighted by molar-refractivity contribution is 0.0951. The Balaban J connectivity index is 1.26. The molecule has 0 radical (unpaired) electrons. The fraction of sp³-hybridized carbons (Fsp3) is 0.286. The third-order valence-electron chi connectivity index (χ3n) is 4.80. The van der Waals surface area contributed by atoms with Gasteiger partial charge in [0.15, 0.2) is 0 Å². The number of carbonyl (C=O) groups is 1. The van der Waals surface area contributed by atoms with E-state index in [1.807, 2.05) is 31.6 Å². The lowest BCUT2D eigenvalue weighted by Gasteiger charge is -2.10. The number of ether oxygens (including phenoxy) is 1. The van der Waals surface area contributed by atoms with Crippen molar-refractivity contribution in [2.45, 2.75) is 19.1 Å². The topological polar surface area (TPSA) is 72.1 Å². The number of halogens is 1. The molecule has 1 aliphatic rings. The summed E-state index contributed by atoms with van der Waals surface area (Å²) >= 11 is 6.33. The third kappa shape index (κ3) is 5.13. The fourth-order valence-corrected chi connectivity index (χ4v) is 3.33. The average Bonchev–Trinajstić information content (AvgIpc) is 3.34. The predicted octanol–water partition coefficient (Wildman–Crippen LogP) is 2.66. The quantitative estimate of drug-likeness (QED) is 0.577. The van der Waals surface area contributed by atoms with E-state index < -0.39 is 0 Å². The number of aromatic nitrogens is 3. The van der Waals surface area contributed by atoms with Gasteiger partial charge >= 0.3 is 0 Å². The third-order valence-corrected chi connectivity index (χ3v) is 5.10. The number of benzene rings is 1. The van der Waals surface area contributed by atoms with Crippen molar-refractivity contribution in [1.29, 1.82) is 0 Å². The Hall–Kier alpha value is -2.90. The molecule has 1 amide bonds. The van der Waals surface area contributed by atoms with Crippen molar-refractivity contribution in [2.75, 3.05) is 13.2 Å². The molecule has 0 bridgehead atoms. The van der Waals surface area contributed by atoms with Gasteiger partial charge in [0.2, 0.25) is 0 Å². The standard InChI is InChI=1S/C21H22ClN5O2/c1-26-11-16(10-25-26)12-27-13-18(27)14-29-20-3-2-17(8-19(20)22)21(28)24-9-15-4-6-23-7-5-15/h2-8,10-11,18H,9,12-14H2,1H3,(H,24,28).